The Balaban J connectivity index is 0.00000481. The lowest BCUT2D eigenvalue weighted by molar-refractivity contribution is -0.140. The van der Waals surface area contributed by atoms with Crippen molar-refractivity contribution in [2.24, 2.45) is 0 Å². The largest absolute Gasteiger partial charge is 0.480 e. The fourth-order valence-corrected chi connectivity index (χ4v) is 5.73. The van der Waals surface area contributed by atoms with Crippen molar-refractivity contribution in [2.75, 3.05) is 18.5 Å². The fraction of sp³-hybridized carbons (Fsp3) is 0.200. The number of amides is 3. The molecule has 17 heteroatoms. The average Bonchev–Trinajstić information content (AvgIpc) is 3.33. The van der Waals surface area contributed by atoms with E-state index < -0.39 is 40.4 Å². The van der Waals surface area contributed by atoms with Crippen molar-refractivity contribution in [2.45, 2.75) is 18.7 Å². The Morgan fingerprint density at radius 2 is 1.86 bits per heavy atom. The topological polar surface area (TPSA) is 204 Å². The average molecular weight is 589 g/mol. The zero-order chi connectivity index (χ0) is 26.6. The standard InChI is InChI=1S/C20H18N4O8S4.H2O/c1-3-32-17(28)14(15-16(27)24(8-13(25)26)20(33)35-15)12-9-34-19(21-12)22-18(29)23-36(30,31)11-6-4-10(2)5-7-11;/h4-7,9H,3,8H2,1-2H3,(H,25,26)(H2,21,22,23,29);1H2/b15-14-;. The Labute approximate surface area is 224 Å². The maximum absolute atomic E-state index is 12.8. The molecule has 0 spiro atoms. The van der Waals surface area contributed by atoms with Crippen LogP contribution in [0, 0.1) is 6.92 Å². The van der Waals surface area contributed by atoms with Crippen molar-refractivity contribution in [1.29, 1.82) is 0 Å². The van der Waals surface area contributed by atoms with Gasteiger partial charge in [0.15, 0.2) is 5.13 Å². The Morgan fingerprint density at radius 1 is 1.22 bits per heavy atom. The van der Waals surface area contributed by atoms with Gasteiger partial charge in [-0.2, -0.15) is 0 Å². The molecule has 0 bridgehead atoms. The van der Waals surface area contributed by atoms with Gasteiger partial charge in [-0.15, -0.1) is 11.3 Å². The van der Waals surface area contributed by atoms with Crippen molar-refractivity contribution >= 4 is 84.2 Å². The van der Waals surface area contributed by atoms with E-state index in [9.17, 15) is 27.6 Å². The number of thiazole rings is 1. The molecule has 0 aliphatic carbocycles. The van der Waals surface area contributed by atoms with Gasteiger partial charge >= 0.3 is 18.0 Å². The third-order valence-electron chi connectivity index (χ3n) is 4.39. The summed E-state index contributed by atoms with van der Waals surface area (Å²) >= 11 is 6.65. The van der Waals surface area contributed by atoms with E-state index in [0.717, 1.165) is 33.6 Å². The number of aryl methyl sites for hydroxylation is 1. The van der Waals surface area contributed by atoms with E-state index in [2.05, 4.69) is 10.3 Å². The van der Waals surface area contributed by atoms with Gasteiger partial charge in [-0.25, -0.2) is 27.7 Å². The number of nitrogens with zero attached hydrogens (tertiary/aromatic N) is 2. The summed E-state index contributed by atoms with van der Waals surface area (Å²) in [5.41, 5.74) is 0.524. The Hall–Kier alpha value is -3.38. The van der Waals surface area contributed by atoms with Crippen molar-refractivity contribution in [1.82, 2.24) is 14.6 Å². The van der Waals surface area contributed by atoms with Crippen molar-refractivity contribution in [3.8, 4) is 0 Å². The number of anilines is 1. The van der Waals surface area contributed by atoms with Gasteiger partial charge in [0.2, 0.25) is 0 Å². The number of urea groups is 1. The number of hydrogen-bond acceptors (Lipinski definition) is 11. The second-order valence-electron chi connectivity index (χ2n) is 6.99. The minimum atomic E-state index is -4.15. The SMILES string of the molecule is CCOC(=O)/C(=C1\SC(=S)N(CC(=O)O)C1=O)c1csc(NC(=O)NS(=O)(=O)c2ccc(C)cc2)n1.O. The van der Waals surface area contributed by atoms with Crippen LogP contribution in [0.25, 0.3) is 5.57 Å². The lowest BCUT2D eigenvalue weighted by Crippen LogP contribution is -2.34. The lowest BCUT2D eigenvalue weighted by atomic mass is 10.2. The number of hydrogen-bond donors (Lipinski definition) is 3. The van der Waals surface area contributed by atoms with Gasteiger partial charge in [0, 0.05) is 5.38 Å². The van der Waals surface area contributed by atoms with Crippen molar-refractivity contribution in [3.63, 3.8) is 0 Å². The predicted octanol–water partition coefficient (Wildman–Crippen LogP) is 1.36. The molecule has 0 unspecified atom stereocenters. The third-order valence-corrected chi connectivity index (χ3v) is 7.94. The molecule has 198 valence electrons. The minimum Gasteiger partial charge on any atom is -0.480 e. The summed E-state index contributed by atoms with van der Waals surface area (Å²) in [7, 11) is -4.15. The molecule has 1 aromatic carbocycles. The lowest BCUT2D eigenvalue weighted by Gasteiger charge is -2.11. The Bertz CT molecular complexity index is 1380. The van der Waals surface area contributed by atoms with Crippen LogP contribution >= 0.6 is 35.3 Å². The quantitative estimate of drug-likeness (QED) is 0.228. The number of benzene rings is 1. The molecule has 0 saturated carbocycles. The molecule has 3 amide bonds. The normalized spacial score (nSPS) is 14.6. The summed E-state index contributed by atoms with van der Waals surface area (Å²) < 4.78 is 31.7. The molecule has 0 atom stereocenters. The zero-order valence-electron chi connectivity index (χ0n) is 19.1. The van der Waals surface area contributed by atoms with Crippen LogP contribution in [0.2, 0.25) is 0 Å². The molecule has 1 saturated heterocycles. The zero-order valence-corrected chi connectivity index (χ0v) is 22.4. The summed E-state index contributed by atoms with van der Waals surface area (Å²) in [6, 6.07) is 4.75. The van der Waals surface area contributed by atoms with E-state index in [4.69, 9.17) is 22.1 Å². The molecule has 1 aliphatic rings. The summed E-state index contributed by atoms with van der Waals surface area (Å²) in [4.78, 5) is 53.5. The molecule has 2 aromatic rings. The third kappa shape index (κ3) is 7.10. The monoisotopic (exact) mass is 588 g/mol. The first-order valence-electron chi connectivity index (χ1n) is 9.96. The number of sulfonamides is 1. The van der Waals surface area contributed by atoms with Crippen LogP contribution in [0.4, 0.5) is 9.93 Å². The second kappa shape index (κ2) is 12.2. The molecule has 37 heavy (non-hydrogen) atoms. The van der Waals surface area contributed by atoms with Gasteiger partial charge in [0.25, 0.3) is 15.9 Å². The molecular weight excluding hydrogens is 569 g/mol. The fourth-order valence-electron chi connectivity index (χ4n) is 2.80. The molecule has 0 radical (unpaired) electrons. The highest BCUT2D eigenvalue weighted by Gasteiger charge is 2.38. The first kappa shape index (κ1) is 29.8. The molecule has 2 heterocycles. The van der Waals surface area contributed by atoms with E-state index >= 15 is 0 Å². The van der Waals surface area contributed by atoms with Crippen LogP contribution < -0.4 is 10.0 Å². The number of nitrogens with one attached hydrogen (secondary N) is 2. The smallest absolute Gasteiger partial charge is 0.341 e. The summed E-state index contributed by atoms with van der Waals surface area (Å²) in [5.74, 6) is -3.01. The highest BCUT2D eigenvalue weighted by Crippen LogP contribution is 2.38. The molecule has 5 N–H and O–H groups in total. The first-order valence-corrected chi connectivity index (χ1v) is 13.5. The van der Waals surface area contributed by atoms with Gasteiger partial charge in [-0.1, -0.05) is 41.7 Å². The number of carboxylic acid groups (broad SMARTS) is 1. The minimum absolute atomic E-state index is 0. The van der Waals surface area contributed by atoms with Gasteiger partial charge in [-0.3, -0.25) is 19.8 Å². The van der Waals surface area contributed by atoms with Crippen LogP contribution in [0.3, 0.4) is 0 Å². The summed E-state index contributed by atoms with van der Waals surface area (Å²) in [6.07, 6.45) is 0. The maximum atomic E-state index is 12.8. The number of thiocarbonyl (C=S) groups is 1. The van der Waals surface area contributed by atoms with Crippen LogP contribution in [0.15, 0.2) is 39.4 Å². The Morgan fingerprint density at radius 3 is 2.46 bits per heavy atom. The molecular formula is C20H20N4O9S4. The molecule has 1 fully saturated rings. The number of carbonyl (C=O) groups is 4. The summed E-state index contributed by atoms with van der Waals surface area (Å²) in [6.45, 7) is 2.62. The van der Waals surface area contributed by atoms with Gasteiger partial charge in [0.05, 0.1) is 22.1 Å². The van der Waals surface area contributed by atoms with Crippen molar-refractivity contribution in [3.05, 3.63) is 45.8 Å². The van der Waals surface area contributed by atoms with Gasteiger partial charge < -0.3 is 15.3 Å². The highest BCUT2D eigenvalue weighted by molar-refractivity contribution is 8.26. The van der Waals surface area contributed by atoms with E-state index in [1.54, 1.807) is 26.0 Å². The number of esters is 1. The molecule has 3 rings (SSSR count). The Kier molecular flexibility index (Phi) is 9.87. The first-order chi connectivity index (χ1) is 16.9. The maximum Gasteiger partial charge on any atom is 0.341 e. The van der Waals surface area contributed by atoms with Gasteiger partial charge in [0.1, 0.15) is 16.4 Å². The number of aromatic nitrogens is 1. The van der Waals surface area contributed by atoms with E-state index in [1.165, 1.54) is 17.5 Å². The van der Waals surface area contributed by atoms with Crippen LogP contribution in [0.1, 0.15) is 18.2 Å². The van der Waals surface area contributed by atoms with Gasteiger partial charge in [-0.05, 0) is 26.0 Å². The van der Waals surface area contributed by atoms with E-state index in [1.807, 2.05) is 4.72 Å². The summed E-state index contributed by atoms with van der Waals surface area (Å²) in [5, 5.41) is 12.6. The van der Waals surface area contributed by atoms with Crippen molar-refractivity contribution < 1.29 is 42.9 Å². The predicted molar refractivity (Wildman–Crippen MR) is 139 cm³/mol. The number of thioether (sulfide) groups is 1. The number of carboxylic acids is 1. The highest BCUT2D eigenvalue weighted by atomic mass is 32.2. The second-order valence-corrected chi connectivity index (χ2v) is 11.2. The number of carbonyl (C=O) groups excluding carboxylic acids is 3. The number of aliphatic carboxylic acids is 1. The number of ether oxygens (including phenoxy) is 1. The number of rotatable bonds is 8. The van der Waals surface area contributed by atoms with E-state index in [-0.39, 0.29) is 42.6 Å². The van der Waals surface area contributed by atoms with Crippen LogP contribution in [0.5, 0.6) is 0 Å². The van der Waals surface area contributed by atoms with E-state index in [0.29, 0.717) is 0 Å². The molecule has 1 aliphatic heterocycles. The molecule has 13 nitrogen and oxygen atoms in total. The van der Waals surface area contributed by atoms with Crippen LogP contribution in [-0.2, 0) is 29.1 Å². The van der Waals surface area contributed by atoms with Crippen LogP contribution in [-0.4, -0.2) is 70.2 Å². The molecule has 1 aromatic heterocycles.